The number of benzene rings is 1. The first-order valence-corrected chi connectivity index (χ1v) is 9.78. The quantitative estimate of drug-likeness (QED) is 0.414. The average Bonchev–Trinajstić information content (AvgIpc) is 2.57. The molecular formula is C16H18ClF3N2O3S. The van der Waals surface area contributed by atoms with Crippen LogP contribution in [0.3, 0.4) is 0 Å². The molecule has 0 bridgehead atoms. The van der Waals surface area contributed by atoms with E-state index in [0.717, 1.165) is 25.3 Å². The number of alkyl halides is 3. The SMILES string of the molecule is CCC(=NOC1C=CCCC1)c1cc(Cl)ccc1NS(=O)(=O)C(F)(F)F. The maximum atomic E-state index is 12.7. The van der Waals surface area contributed by atoms with Crippen molar-refractivity contribution >= 4 is 33.0 Å². The van der Waals surface area contributed by atoms with Crippen LogP contribution in [0.15, 0.2) is 35.5 Å². The third-order valence-corrected chi connectivity index (χ3v) is 5.02. The number of halogens is 4. The number of oxime groups is 1. The van der Waals surface area contributed by atoms with Gasteiger partial charge in [-0.05, 0) is 50.0 Å². The van der Waals surface area contributed by atoms with Crippen molar-refractivity contribution in [3.05, 3.63) is 40.9 Å². The maximum Gasteiger partial charge on any atom is 0.516 e. The van der Waals surface area contributed by atoms with E-state index >= 15 is 0 Å². The number of hydrogen-bond acceptors (Lipinski definition) is 4. The lowest BCUT2D eigenvalue weighted by Gasteiger charge is -2.17. The van der Waals surface area contributed by atoms with Gasteiger partial charge in [0.25, 0.3) is 0 Å². The summed E-state index contributed by atoms with van der Waals surface area (Å²) in [5, 5.41) is 4.25. The van der Waals surface area contributed by atoms with Gasteiger partial charge in [0.15, 0.2) is 0 Å². The first-order chi connectivity index (χ1) is 12.1. The zero-order chi connectivity index (χ0) is 19.4. The predicted octanol–water partition coefficient (Wildman–Crippen LogP) is 4.84. The van der Waals surface area contributed by atoms with Gasteiger partial charge in [-0.1, -0.05) is 29.8 Å². The molecular weight excluding hydrogens is 393 g/mol. The Morgan fingerprint density at radius 1 is 1.42 bits per heavy atom. The molecule has 0 fully saturated rings. The van der Waals surface area contributed by atoms with E-state index in [0.29, 0.717) is 6.42 Å². The van der Waals surface area contributed by atoms with Crippen molar-refractivity contribution in [1.82, 2.24) is 0 Å². The highest BCUT2D eigenvalue weighted by molar-refractivity contribution is 7.93. The van der Waals surface area contributed by atoms with Gasteiger partial charge in [0.1, 0.15) is 6.10 Å². The molecule has 1 aliphatic rings. The minimum absolute atomic E-state index is 0.132. The van der Waals surface area contributed by atoms with Crippen LogP contribution in [-0.4, -0.2) is 25.7 Å². The van der Waals surface area contributed by atoms with E-state index in [1.165, 1.54) is 12.1 Å². The largest absolute Gasteiger partial charge is 0.516 e. The number of sulfonamides is 1. The maximum absolute atomic E-state index is 12.7. The van der Waals surface area contributed by atoms with Gasteiger partial charge >= 0.3 is 15.5 Å². The Bertz CT molecular complexity index is 807. The van der Waals surface area contributed by atoms with Crippen LogP contribution >= 0.6 is 11.6 Å². The molecule has 10 heteroatoms. The Hall–Kier alpha value is -1.74. The molecule has 1 aromatic carbocycles. The average molecular weight is 411 g/mol. The lowest BCUT2D eigenvalue weighted by Crippen LogP contribution is -2.30. The van der Waals surface area contributed by atoms with E-state index in [4.69, 9.17) is 16.4 Å². The monoisotopic (exact) mass is 410 g/mol. The minimum Gasteiger partial charge on any atom is -0.388 e. The highest BCUT2D eigenvalue weighted by Crippen LogP contribution is 2.29. The molecule has 5 nitrogen and oxygen atoms in total. The Kier molecular flexibility index (Phi) is 6.57. The summed E-state index contributed by atoms with van der Waals surface area (Å²) in [5.74, 6) is 0. The zero-order valence-corrected chi connectivity index (χ0v) is 15.5. The molecule has 0 saturated heterocycles. The van der Waals surface area contributed by atoms with Crippen molar-refractivity contribution in [2.24, 2.45) is 5.16 Å². The Morgan fingerprint density at radius 3 is 2.73 bits per heavy atom. The Morgan fingerprint density at radius 2 is 2.15 bits per heavy atom. The Balaban J connectivity index is 2.35. The molecule has 1 aromatic rings. The second-order valence-corrected chi connectivity index (χ2v) is 7.75. The van der Waals surface area contributed by atoms with Gasteiger partial charge in [-0.2, -0.15) is 21.6 Å². The molecule has 0 spiro atoms. The predicted molar refractivity (Wildman–Crippen MR) is 94.7 cm³/mol. The molecule has 144 valence electrons. The lowest BCUT2D eigenvalue weighted by atomic mass is 10.1. The molecule has 0 amide bonds. The summed E-state index contributed by atoms with van der Waals surface area (Å²) >= 11 is 5.92. The van der Waals surface area contributed by atoms with E-state index in [1.807, 2.05) is 12.2 Å². The normalized spacial score (nSPS) is 18.7. The molecule has 1 atom stereocenters. The third-order valence-electron chi connectivity index (χ3n) is 3.68. The molecule has 0 saturated carbocycles. The van der Waals surface area contributed by atoms with Crippen molar-refractivity contribution in [3.8, 4) is 0 Å². The van der Waals surface area contributed by atoms with Gasteiger partial charge in [-0.15, -0.1) is 0 Å². The van der Waals surface area contributed by atoms with Crippen molar-refractivity contribution in [2.45, 2.75) is 44.2 Å². The van der Waals surface area contributed by atoms with E-state index in [-0.39, 0.29) is 28.1 Å². The standard InChI is InChI=1S/C16H18ClF3N2O3S/c1-2-14(21-25-12-6-4-3-5-7-12)13-10-11(17)8-9-15(13)22-26(23,24)16(18,19)20/h4,6,8-10,12,22H,2-3,5,7H2,1H3. The van der Waals surface area contributed by atoms with E-state index < -0.39 is 15.5 Å². The van der Waals surface area contributed by atoms with Gasteiger partial charge in [0.05, 0.1) is 11.4 Å². The number of allylic oxidation sites excluding steroid dienone is 1. The first kappa shape index (κ1) is 20.6. The lowest BCUT2D eigenvalue weighted by molar-refractivity contribution is -0.0429. The molecule has 1 unspecified atom stereocenters. The number of nitrogens with one attached hydrogen (secondary N) is 1. The summed E-state index contributed by atoms with van der Waals surface area (Å²) < 4.78 is 62.4. The van der Waals surface area contributed by atoms with Crippen molar-refractivity contribution < 1.29 is 26.4 Å². The van der Waals surface area contributed by atoms with Crippen molar-refractivity contribution in [1.29, 1.82) is 0 Å². The van der Waals surface area contributed by atoms with Crippen LogP contribution in [0.2, 0.25) is 5.02 Å². The molecule has 1 N–H and O–H groups in total. The smallest absolute Gasteiger partial charge is 0.388 e. The number of hydrogen-bond donors (Lipinski definition) is 1. The fourth-order valence-corrected chi connectivity index (χ4v) is 3.11. The fraction of sp³-hybridized carbons (Fsp3) is 0.438. The van der Waals surface area contributed by atoms with Crippen LogP contribution in [-0.2, 0) is 14.9 Å². The zero-order valence-electron chi connectivity index (χ0n) is 13.9. The molecule has 0 radical (unpaired) electrons. The highest BCUT2D eigenvalue weighted by Gasteiger charge is 2.46. The minimum atomic E-state index is -5.56. The van der Waals surface area contributed by atoms with Gasteiger partial charge < -0.3 is 4.84 Å². The summed E-state index contributed by atoms with van der Waals surface area (Å²) in [4.78, 5) is 5.44. The molecule has 0 aliphatic heterocycles. The summed E-state index contributed by atoms with van der Waals surface area (Å²) in [6, 6.07) is 3.79. The first-order valence-electron chi connectivity index (χ1n) is 7.92. The summed E-state index contributed by atoms with van der Waals surface area (Å²) in [7, 11) is -5.56. The second-order valence-electron chi connectivity index (χ2n) is 5.64. The summed E-state index contributed by atoms with van der Waals surface area (Å²) in [6.07, 6.45) is 6.61. The summed E-state index contributed by atoms with van der Waals surface area (Å²) in [6.45, 7) is 1.72. The van der Waals surface area contributed by atoms with Crippen LogP contribution in [0.1, 0.15) is 38.2 Å². The second kappa shape index (κ2) is 8.30. The fourth-order valence-electron chi connectivity index (χ4n) is 2.35. The van der Waals surface area contributed by atoms with Gasteiger partial charge in [0, 0.05) is 10.6 Å². The number of anilines is 1. The van der Waals surface area contributed by atoms with Crippen LogP contribution in [0.25, 0.3) is 0 Å². The van der Waals surface area contributed by atoms with Crippen LogP contribution in [0, 0.1) is 0 Å². The van der Waals surface area contributed by atoms with Gasteiger partial charge in [-0.3, -0.25) is 4.72 Å². The van der Waals surface area contributed by atoms with Crippen LogP contribution < -0.4 is 4.72 Å². The molecule has 0 heterocycles. The van der Waals surface area contributed by atoms with Crippen molar-refractivity contribution in [2.75, 3.05) is 4.72 Å². The Labute approximate surface area is 154 Å². The highest BCUT2D eigenvalue weighted by atomic mass is 35.5. The number of rotatable bonds is 6. The third kappa shape index (κ3) is 5.14. The van der Waals surface area contributed by atoms with Crippen molar-refractivity contribution in [3.63, 3.8) is 0 Å². The topological polar surface area (TPSA) is 67.8 Å². The summed E-state index contributed by atoms with van der Waals surface area (Å²) in [5.41, 5.74) is -5.29. The molecule has 1 aliphatic carbocycles. The van der Waals surface area contributed by atoms with Gasteiger partial charge in [-0.25, -0.2) is 0 Å². The number of nitrogens with zero attached hydrogens (tertiary/aromatic N) is 1. The van der Waals surface area contributed by atoms with E-state index in [1.54, 1.807) is 11.6 Å². The van der Waals surface area contributed by atoms with E-state index in [9.17, 15) is 21.6 Å². The van der Waals surface area contributed by atoms with E-state index in [2.05, 4.69) is 5.16 Å². The molecule has 26 heavy (non-hydrogen) atoms. The molecule has 0 aromatic heterocycles. The van der Waals surface area contributed by atoms with Gasteiger partial charge in [0.2, 0.25) is 0 Å². The van der Waals surface area contributed by atoms with Crippen LogP contribution in [0.5, 0.6) is 0 Å². The van der Waals surface area contributed by atoms with Crippen LogP contribution in [0.4, 0.5) is 18.9 Å². The molecule has 2 rings (SSSR count).